The van der Waals surface area contributed by atoms with Crippen LogP contribution in [0.1, 0.15) is 44.2 Å². The quantitative estimate of drug-likeness (QED) is 0.812. The summed E-state index contributed by atoms with van der Waals surface area (Å²) in [5.41, 5.74) is 0.875. The van der Waals surface area contributed by atoms with Crippen LogP contribution in [-0.4, -0.2) is 70.3 Å². The summed E-state index contributed by atoms with van der Waals surface area (Å²) in [5.74, 6) is 0.0393. The van der Waals surface area contributed by atoms with Crippen LogP contribution in [0.3, 0.4) is 0 Å². The van der Waals surface area contributed by atoms with E-state index in [9.17, 15) is 9.59 Å². The SMILES string of the molecule is O=C1C[C@@H](C(=O)N2CCN(C3CCCCC3)CC2)CN1Cc1ccccn1. The lowest BCUT2D eigenvalue weighted by Gasteiger charge is -2.41. The molecule has 0 radical (unpaired) electrons. The lowest BCUT2D eigenvalue weighted by Crippen LogP contribution is -2.53. The van der Waals surface area contributed by atoms with Crippen LogP contribution in [0, 0.1) is 5.92 Å². The predicted molar refractivity (Wildman–Crippen MR) is 103 cm³/mol. The van der Waals surface area contributed by atoms with E-state index in [1.807, 2.05) is 23.1 Å². The zero-order valence-corrected chi connectivity index (χ0v) is 16.1. The van der Waals surface area contributed by atoms with E-state index >= 15 is 0 Å². The number of nitrogens with zero attached hydrogens (tertiary/aromatic N) is 4. The van der Waals surface area contributed by atoms with Gasteiger partial charge in [-0.25, -0.2) is 0 Å². The molecular formula is C21H30N4O2. The van der Waals surface area contributed by atoms with Crippen LogP contribution in [0.2, 0.25) is 0 Å². The van der Waals surface area contributed by atoms with Crippen LogP contribution in [0.15, 0.2) is 24.4 Å². The number of carbonyl (C=O) groups excluding carboxylic acids is 2. The van der Waals surface area contributed by atoms with E-state index in [-0.39, 0.29) is 17.7 Å². The zero-order chi connectivity index (χ0) is 18.6. The number of hydrogen-bond donors (Lipinski definition) is 0. The van der Waals surface area contributed by atoms with Gasteiger partial charge in [-0.15, -0.1) is 0 Å². The molecule has 1 aromatic heterocycles. The highest BCUT2D eigenvalue weighted by atomic mass is 16.2. The number of aromatic nitrogens is 1. The minimum atomic E-state index is -0.192. The molecule has 3 fully saturated rings. The first-order valence-electron chi connectivity index (χ1n) is 10.4. The topological polar surface area (TPSA) is 56.8 Å². The van der Waals surface area contributed by atoms with E-state index in [1.165, 1.54) is 32.1 Å². The number of amides is 2. The van der Waals surface area contributed by atoms with Gasteiger partial charge in [0.05, 0.1) is 18.2 Å². The lowest BCUT2D eigenvalue weighted by molar-refractivity contribution is -0.137. The minimum Gasteiger partial charge on any atom is -0.340 e. The van der Waals surface area contributed by atoms with E-state index in [4.69, 9.17) is 0 Å². The first-order chi connectivity index (χ1) is 13.2. The third kappa shape index (κ3) is 4.32. The average molecular weight is 370 g/mol. The van der Waals surface area contributed by atoms with Crippen molar-refractivity contribution in [3.05, 3.63) is 30.1 Å². The molecule has 3 aliphatic rings. The van der Waals surface area contributed by atoms with Gasteiger partial charge in [0.1, 0.15) is 0 Å². The summed E-state index contributed by atoms with van der Waals surface area (Å²) in [6, 6.07) is 6.44. The largest absolute Gasteiger partial charge is 0.340 e. The lowest BCUT2D eigenvalue weighted by atomic mass is 9.93. The molecule has 0 spiro atoms. The molecule has 6 heteroatoms. The molecule has 146 valence electrons. The van der Waals surface area contributed by atoms with Gasteiger partial charge in [-0.05, 0) is 25.0 Å². The first-order valence-corrected chi connectivity index (χ1v) is 10.4. The molecule has 2 aliphatic heterocycles. The molecule has 4 rings (SSSR count). The zero-order valence-electron chi connectivity index (χ0n) is 16.1. The fraction of sp³-hybridized carbons (Fsp3) is 0.667. The van der Waals surface area contributed by atoms with Gasteiger partial charge >= 0.3 is 0 Å². The van der Waals surface area contributed by atoms with E-state index < -0.39 is 0 Å². The van der Waals surface area contributed by atoms with Crippen LogP contribution in [0.5, 0.6) is 0 Å². The third-order valence-corrected chi connectivity index (χ3v) is 6.36. The van der Waals surface area contributed by atoms with Crippen LogP contribution in [0.4, 0.5) is 0 Å². The fourth-order valence-electron chi connectivity index (χ4n) is 4.79. The molecule has 6 nitrogen and oxygen atoms in total. The van der Waals surface area contributed by atoms with Gasteiger partial charge < -0.3 is 9.80 Å². The predicted octanol–water partition coefficient (Wildman–Crippen LogP) is 1.91. The normalized spacial score (nSPS) is 25.2. The molecule has 0 bridgehead atoms. The maximum Gasteiger partial charge on any atom is 0.228 e. The van der Waals surface area contributed by atoms with Gasteiger partial charge in [0.25, 0.3) is 0 Å². The monoisotopic (exact) mass is 370 g/mol. The Morgan fingerprint density at radius 1 is 1.07 bits per heavy atom. The highest BCUT2D eigenvalue weighted by molar-refractivity contribution is 5.89. The van der Waals surface area contributed by atoms with Crippen molar-refractivity contribution < 1.29 is 9.59 Å². The highest BCUT2D eigenvalue weighted by Gasteiger charge is 2.37. The van der Waals surface area contributed by atoms with Gasteiger partial charge in [-0.3, -0.25) is 19.5 Å². The Kier molecular flexibility index (Phi) is 5.72. The standard InChI is InChI=1S/C21H30N4O2/c26-20-14-17(15-25(20)16-18-6-4-5-9-22-18)21(27)24-12-10-23(11-13-24)19-7-2-1-3-8-19/h4-6,9,17,19H,1-3,7-8,10-16H2/t17-/m1/s1. The first kappa shape index (κ1) is 18.4. The Labute approximate surface area is 161 Å². The maximum absolute atomic E-state index is 12.9. The number of piperazine rings is 1. The number of hydrogen-bond acceptors (Lipinski definition) is 4. The van der Waals surface area contributed by atoms with Gasteiger partial charge in [0.15, 0.2) is 0 Å². The van der Waals surface area contributed by atoms with Crippen molar-refractivity contribution in [2.75, 3.05) is 32.7 Å². The molecule has 27 heavy (non-hydrogen) atoms. The van der Waals surface area contributed by atoms with Gasteiger partial charge in [-0.2, -0.15) is 0 Å². The second kappa shape index (κ2) is 8.38. The van der Waals surface area contributed by atoms with Crippen molar-refractivity contribution in [3.8, 4) is 0 Å². The summed E-state index contributed by atoms with van der Waals surface area (Å²) in [6.07, 6.45) is 8.78. The Morgan fingerprint density at radius 3 is 2.56 bits per heavy atom. The molecule has 2 saturated heterocycles. The summed E-state index contributed by atoms with van der Waals surface area (Å²) >= 11 is 0. The van der Waals surface area contributed by atoms with Gasteiger partial charge in [0.2, 0.25) is 11.8 Å². The van der Waals surface area contributed by atoms with Crippen molar-refractivity contribution in [1.29, 1.82) is 0 Å². The molecule has 1 atom stereocenters. The van der Waals surface area contributed by atoms with E-state index in [0.29, 0.717) is 19.5 Å². The van der Waals surface area contributed by atoms with E-state index in [0.717, 1.165) is 37.9 Å². The van der Waals surface area contributed by atoms with Crippen molar-refractivity contribution in [1.82, 2.24) is 19.7 Å². The fourth-order valence-corrected chi connectivity index (χ4v) is 4.79. The maximum atomic E-state index is 12.9. The smallest absolute Gasteiger partial charge is 0.228 e. The Balaban J connectivity index is 1.28. The Morgan fingerprint density at radius 2 is 1.85 bits per heavy atom. The molecule has 1 aromatic rings. The van der Waals surface area contributed by atoms with Crippen LogP contribution in [0.25, 0.3) is 0 Å². The van der Waals surface area contributed by atoms with Crippen molar-refractivity contribution in [2.45, 2.75) is 51.1 Å². The van der Waals surface area contributed by atoms with Crippen LogP contribution in [-0.2, 0) is 16.1 Å². The summed E-state index contributed by atoms with van der Waals surface area (Å²) < 4.78 is 0. The van der Waals surface area contributed by atoms with Crippen molar-refractivity contribution in [2.24, 2.45) is 5.92 Å². The van der Waals surface area contributed by atoms with Gasteiger partial charge in [-0.1, -0.05) is 25.3 Å². The molecule has 2 amide bonds. The molecule has 3 heterocycles. The molecule has 1 saturated carbocycles. The van der Waals surface area contributed by atoms with Gasteiger partial charge in [0, 0.05) is 51.4 Å². The molecule has 0 unspecified atom stereocenters. The number of carbonyl (C=O) groups is 2. The molecule has 0 aromatic carbocycles. The third-order valence-electron chi connectivity index (χ3n) is 6.36. The molecule has 0 N–H and O–H groups in total. The average Bonchev–Trinajstić information content (AvgIpc) is 3.09. The second-order valence-corrected chi connectivity index (χ2v) is 8.15. The summed E-state index contributed by atoms with van der Waals surface area (Å²) in [6.45, 7) is 4.60. The van der Waals surface area contributed by atoms with Crippen LogP contribution < -0.4 is 0 Å². The van der Waals surface area contributed by atoms with Crippen LogP contribution >= 0.6 is 0 Å². The number of rotatable bonds is 4. The second-order valence-electron chi connectivity index (χ2n) is 8.15. The summed E-state index contributed by atoms with van der Waals surface area (Å²) in [4.78, 5) is 35.9. The highest BCUT2D eigenvalue weighted by Crippen LogP contribution is 2.25. The molecular weight excluding hydrogens is 340 g/mol. The van der Waals surface area contributed by atoms with E-state index in [2.05, 4.69) is 9.88 Å². The number of likely N-dealkylation sites (tertiary alicyclic amines) is 1. The minimum absolute atomic E-state index is 0.0693. The Bertz CT molecular complexity index is 651. The van der Waals surface area contributed by atoms with E-state index in [1.54, 1.807) is 11.1 Å². The van der Waals surface area contributed by atoms with Crippen molar-refractivity contribution in [3.63, 3.8) is 0 Å². The van der Waals surface area contributed by atoms with Crippen molar-refractivity contribution >= 4 is 11.8 Å². The summed E-state index contributed by atoms with van der Waals surface area (Å²) in [7, 11) is 0. The summed E-state index contributed by atoms with van der Waals surface area (Å²) in [5, 5.41) is 0. The molecule has 1 aliphatic carbocycles. The number of pyridine rings is 1. The Hall–Kier alpha value is -1.95.